The lowest BCUT2D eigenvalue weighted by atomic mass is 10.1. The Kier molecular flexibility index (Phi) is 5.59. The fraction of sp³-hybridized carbons (Fsp3) is 0.227. The van der Waals surface area contributed by atoms with E-state index in [2.05, 4.69) is 27.3 Å². The highest BCUT2D eigenvalue weighted by atomic mass is 35.5. The van der Waals surface area contributed by atoms with Gasteiger partial charge in [0.2, 0.25) is 0 Å². The molecule has 0 amide bonds. The van der Waals surface area contributed by atoms with E-state index in [1.165, 1.54) is 17.7 Å². The van der Waals surface area contributed by atoms with Gasteiger partial charge in [0.1, 0.15) is 11.4 Å². The number of anilines is 1. The molecule has 1 aromatic carbocycles. The maximum absolute atomic E-state index is 13.5. The molecular formula is C22H18ClFN4O. The van der Waals surface area contributed by atoms with E-state index in [9.17, 15) is 4.39 Å². The Hall–Kier alpha value is -3.17. The number of nitrogens with zero attached hydrogens (tertiary/aromatic N) is 3. The highest BCUT2D eigenvalue weighted by Gasteiger charge is 2.19. The van der Waals surface area contributed by atoms with Crippen LogP contribution in [0.4, 0.5) is 10.1 Å². The molecule has 0 spiro atoms. The van der Waals surface area contributed by atoms with Crippen LogP contribution in [0, 0.1) is 17.7 Å². The third-order valence-corrected chi connectivity index (χ3v) is 5.03. The Morgan fingerprint density at radius 2 is 2.14 bits per heavy atom. The topological polar surface area (TPSA) is 70.4 Å². The van der Waals surface area contributed by atoms with E-state index in [-0.39, 0.29) is 5.69 Å². The summed E-state index contributed by atoms with van der Waals surface area (Å²) < 4.78 is 13.5. The molecule has 0 fully saturated rings. The van der Waals surface area contributed by atoms with E-state index < -0.39 is 5.82 Å². The van der Waals surface area contributed by atoms with E-state index in [0.29, 0.717) is 23.7 Å². The molecule has 2 aromatic heterocycles. The number of hydrogen-bond acceptors (Lipinski definition) is 5. The van der Waals surface area contributed by atoms with Crippen LogP contribution in [-0.4, -0.2) is 27.9 Å². The van der Waals surface area contributed by atoms with Gasteiger partial charge in [-0.3, -0.25) is 4.98 Å². The number of nitrogens with one attached hydrogen (secondary N) is 1. The Bertz CT molecular complexity index is 1170. The molecule has 0 atom stereocenters. The van der Waals surface area contributed by atoms with E-state index >= 15 is 0 Å². The van der Waals surface area contributed by atoms with Crippen molar-refractivity contribution >= 4 is 34.4 Å². The quantitative estimate of drug-likeness (QED) is 0.218. The third kappa shape index (κ3) is 4.15. The molecule has 1 aliphatic carbocycles. The van der Waals surface area contributed by atoms with Gasteiger partial charge in [0.25, 0.3) is 0 Å². The predicted octanol–water partition coefficient (Wildman–Crippen LogP) is 4.57. The second-order valence-electron chi connectivity index (χ2n) is 6.71. The zero-order valence-corrected chi connectivity index (χ0v) is 16.3. The molecule has 2 N–H and O–H groups in total. The zero-order valence-electron chi connectivity index (χ0n) is 15.5. The summed E-state index contributed by atoms with van der Waals surface area (Å²) in [6.45, 7) is 0.650. The zero-order chi connectivity index (χ0) is 20.2. The van der Waals surface area contributed by atoms with Gasteiger partial charge in [-0.25, -0.2) is 9.37 Å². The van der Waals surface area contributed by atoms with Gasteiger partial charge in [-0.15, -0.1) is 0 Å². The smallest absolute Gasteiger partial charge is 0.150 e. The largest absolute Gasteiger partial charge is 0.411 e. The van der Waals surface area contributed by atoms with Crippen molar-refractivity contribution in [3.05, 3.63) is 63.8 Å². The van der Waals surface area contributed by atoms with Crippen LogP contribution in [0.1, 0.15) is 35.5 Å². The number of fused-ring (bicyclic) bond motifs is 2. The van der Waals surface area contributed by atoms with Gasteiger partial charge >= 0.3 is 0 Å². The lowest BCUT2D eigenvalue weighted by Gasteiger charge is -2.14. The fourth-order valence-corrected chi connectivity index (χ4v) is 3.68. The number of pyridine rings is 2. The monoisotopic (exact) mass is 408 g/mol. The molecule has 0 radical (unpaired) electrons. The maximum atomic E-state index is 13.5. The Morgan fingerprint density at radius 3 is 3.00 bits per heavy atom. The van der Waals surface area contributed by atoms with E-state index in [4.69, 9.17) is 21.8 Å². The summed E-state index contributed by atoms with van der Waals surface area (Å²) in [6.07, 6.45) is 4.64. The van der Waals surface area contributed by atoms with Gasteiger partial charge in [0.05, 0.1) is 11.7 Å². The molecule has 1 aliphatic rings. The number of aryl methyl sites for hydroxylation is 1. The first-order valence-corrected chi connectivity index (χ1v) is 9.71. The fourth-order valence-electron chi connectivity index (χ4n) is 3.51. The van der Waals surface area contributed by atoms with Crippen molar-refractivity contribution in [2.24, 2.45) is 5.16 Å². The Morgan fingerprint density at radius 1 is 1.24 bits per heavy atom. The van der Waals surface area contributed by atoms with Crippen LogP contribution in [-0.2, 0) is 12.8 Å². The first-order valence-electron chi connectivity index (χ1n) is 9.33. The molecule has 0 bridgehead atoms. The van der Waals surface area contributed by atoms with Gasteiger partial charge in [-0.2, -0.15) is 0 Å². The van der Waals surface area contributed by atoms with E-state index in [0.717, 1.165) is 47.8 Å². The Balaban J connectivity index is 1.50. The van der Waals surface area contributed by atoms with Crippen molar-refractivity contribution in [3.8, 4) is 11.8 Å². The molecule has 29 heavy (non-hydrogen) atoms. The van der Waals surface area contributed by atoms with Crippen LogP contribution in [0.15, 0.2) is 35.5 Å². The molecule has 3 aromatic rings. The summed E-state index contributed by atoms with van der Waals surface area (Å²) in [5.41, 5.74) is 4.82. The average Bonchev–Trinajstić information content (AvgIpc) is 3.18. The minimum absolute atomic E-state index is 0.0480. The van der Waals surface area contributed by atoms with Crippen LogP contribution >= 0.6 is 11.6 Å². The summed E-state index contributed by atoms with van der Waals surface area (Å²) in [6, 6.07) is 8.51. The molecule has 2 heterocycles. The molecule has 0 aliphatic heterocycles. The summed E-state index contributed by atoms with van der Waals surface area (Å²) >= 11 is 6.20. The lowest BCUT2D eigenvalue weighted by Crippen LogP contribution is -2.05. The van der Waals surface area contributed by atoms with Crippen molar-refractivity contribution in [2.45, 2.75) is 25.7 Å². The van der Waals surface area contributed by atoms with Crippen LogP contribution < -0.4 is 5.32 Å². The average molecular weight is 409 g/mol. The summed E-state index contributed by atoms with van der Waals surface area (Å²) in [7, 11) is 0. The van der Waals surface area contributed by atoms with Crippen LogP contribution in [0.25, 0.3) is 10.9 Å². The number of rotatable bonds is 4. The second kappa shape index (κ2) is 8.46. The molecule has 146 valence electrons. The highest BCUT2D eigenvalue weighted by Crippen LogP contribution is 2.35. The van der Waals surface area contributed by atoms with Crippen molar-refractivity contribution in [3.63, 3.8) is 0 Å². The standard InChI is InChI=1S/C22H18ClFN4O/c23-14-7-10-20-17(12-14)22(16-5-3-6-19(16)28-20)25-11-2-1-4-15-8-9-18(24)21(27-15)13-26-29/h7-10,12-13,29H,2-3,5-6,11H2,(H,25,28). The number of aromatic nitrogens is 2. The summed E-state index contributed by atoms with van der Waals surface area (Å²) in [5.74, 6) is 5.39. The lowest BCUT2D eigenvalue weighted by molar-refractivity contribution is 0.321. The molecule has 0 unspecified atom stereocenters. The molecule has 5 nitrogen and oxygen atoms in total. The Labute approximate surface area is 172 Å². The van der Waals surface area contributed by atoms with Gasteiger partial charge in [0.15, 0.2) is 5.82 Å². The normalized spacial score (nSPS) is 12.8. The number of halogens is 2. The highest BCUT2D eigenvalue weighted by molar-refractivity contribution is 6.31. The number of oxime groups is 1. The van der Waals surface area contributed by atoms with Gasteiger partial charge in [0, 0.05) is 34.8 Å². The van der Waals surface area contributed by atoms with Crippen molar-refractivity contribution in [1.82, 2.24) is 9.97 Å². The first kappa shape index (κ1) is 19.2. The van der Waals surface area contributed by atoms with Crippen LogP contribution in [0.3, 0.4) is 0 Å². The summed E-state index contributed by atoms with van der Waals surface area (Å²) in [5, 5.41) is 16.6. The van der Waals surface area contributed by atoms with Gasteiger partial charge in [-0.1, -0.05) is 22.7 Å². The van der Waals surface area contributed by atoms with Gasteiger partial charge < -0.3 is 10.5 Å². The molecule has 0 saturated carbocycles. The first-order chi connectivity index (χ1) is 14.2. The van der Waals surface area contributed by atoms with E-state index in [1.54, 1.807) is 0 Å². The van der Waals surface area contributed by atoms with Crippen molar-refractivity contribution < 1.29 is 9.60 Å². The van der Waals surface area contributed by atoms with Crippen LogP contribution in [0.5, 0.6) is 0 Å². The van der Waals surface area contributed by atoms with Crippen molar-refractivity contribution in [1.29, 1.82) is 0 Å². The molecule has 7 heteroatoms. The molecule has 4 rings (SSSR count). The van der Waals surface area contributed by atoms with E-state index in [1.807, 2.05) is 18.2 Å². The maximum Gasteiger partial charge on any atom is 0.150 e. The number of hydrogen-bond donors (Lipinski definition) is 2. The minimum Gasteiger partial charge on any atom is -0.411 e. The molecule has 0 saturated heterocycles. The van der Waals surface area contributed by atoms with Crippen LogP contribution in [0.2, 0.25) is 5.02 Å². The summed E-state index contributed by atoms with van der Waals surface area (Å²) in [4.78, 5) is 8.79. The van der Waals surface area contributed by atoms with Crippen molar-refractivity contribution in [2.75, 3.05) is 11.9 Å². The minimum atomic E-state index is -0.563. The second-order valence-corrected chi connectivity index (χ2v) is 7.15. The number of benzene rings is 1. The SMILES string of the molecule is ON=Cc1nc(C#CCCNc2c3c(nc4ccc(Cl)cc24)CCC3)ccc1F. The molecular weight excluding hydrogens is 391 g/mol. The predicted molar refractivity (Wildman–Crippen MR) is 112 cm³/mol. The van der Waals surface area contributed by atoms with Gasteiger partial charge in [-0.05, 0) is 61.1 Å². The third-order valence-electron chi connectivity index (χ3n) is 4.80.